The fraction of sp³-hybridized carbons (Fsp3) is 0.529. The van der Waals surface area contributed by atoms with Crippen molar-refractivity contribution in [3.05, 3.63) is 29.8 Å². The number of rotatable bonds is 10. The molecule has 1 rings (SSSR count). The largest absolute Gasteiger partial charge is 0.455 e. The average molecular weight is 442 g/mol. The van der Waals surface area contributed by atoms with Gasteiger partial charge in [0.2, 0.25) is 0 Å². The fourth-order valence-electron chi connectivity index (χ4n) is 2.25. The van der Waals surface area contributed by atoms with Gasteiger partial charge in [0.1, 0.15) is 12.8 Å². The van der Waals surface area contributed by atoms with Gasteiger partial charge in [0.15, 0.2) is 14.7 Å². The molecule has 1 amide bonds. The van der Waals surface area contributed by atoms with Crippen LogP contribution in [0.5, 0.6) is 0 Å². The zero-order valence-electron chi connectivity index (χ0n) is 15.0. The lowest BCUT2D eigenvalue weighted by Gasteiger charge is -2.26. The van der Waals surface area contributed by atoms with Crippen LogP contribution in [0.3, 0.4) is 0 Å². The Labute approximate surface area is 168 Å². The molecule has 0 bridgehead atoms. The molecule has 0 aliphatic carbocycles. The Kier molecular flexibility index (Phi) is 9.49. The Bertz CT molecular complexity index is 740. The number of benzene rings is 1. The van der Waals surface area contributed by atoms with Crippen LogP contribution in [0.4, 0.5) is 4.39 Å². The van der Waals surface area contributed by atoms with Crippen LogP contribution >= 0.6 is 23.2 Å². The van der Waals surface area contributed by atoms with E-state index in [0.717, 1.165) is 12.7 Å². The highest BCUT2D eigenvalue weighted by Crippen LogP contribution is 2.25. The average Bonchev–Trinajstić information content (AvgIpc) is 2.61. The predicted molar refractivity (Wildman–Crippen MR) is 101 cm³/mol. The number of unbranched alkanes of at least 4 members (excludes halogenated alkanes) is 1. The van der Waals surface area contributed by atoms with Gasteiger partial charge in [0, 0.05) is 12.7 Å². The maximum Gasteiger partial charge on any atom is 0.306 e. The van der Waals surface area contributed by atoms with E-state index in [1.54, 1.807) is 0 Å². The normalized spacial score (nSPS) is 13.9. The minimum absolute atomic E-state index is 0.0599. The van der Waals surface area contributed by atoms with Crippen molar-refractivity contribution in [3.63, 3.8) is 0 Å². The van der Waals surface area contributed by atoms with Gasteiger partial charge in [-0.2, -0.15) is 0 Å². The second-order valence-corrected chi connectivity index (χ2v) is 9.04. The molecule has 0 saturated carbocycles. The second-order valence-electron chi connectivity index (χ2n) is 5.93. The van der Waals surface area contributed by atoms with Crippen molar-refractivity contribution in [3.8, 4) is 0 Å². The smallest absolute Gasteiger partial charge is 0.306 e. The minimum atomic E-state index is -3.42. The molecule has 0 radical (unpaired) electrons. The van der Waals surface area contributed by atoms with Crippen LogP contribution in [-0.2, 0) is 24.2 Å². The van der Waals surface area contributed by atoms with E-state index in [9.17, 15) is 22.4 Å². The van der Waals surface area contributed by atoms with Gasteiger partial charge >= 0.3 is 5.97 Å². The number of sulfone groups is 1. The fourth-order valence-corrected chi connectivity index (χ4v) is 3.01. The van der Waals surface area contributed by atoms with E-state index in [4.69, 9.17) is 27.9 Å². The summed E-state index contributed by atoms with van der Waals surface area (Å²) >= 11 is 11.0. The molecule has 10 heteroatoms. The lowest BCUT2D eigenvalue weighted by molar-refractivity contribution is -0.152. The molecule has 0 heterocycles. The van der Waals surface area contributed by atoms with E-state index in [-0.39, 0.29) is 11.3 Å². The van der Waals surface area contributed by atoms with Crippen LogP contribution in [0.2, 0.25) is 0 Å². The Morgan fingerprint density at radius 2 is 1.81 bits per heavy atom. The summed E-state index contributed by atoms with van der Waals surface area (Å²) in [5, 5.41) is 2.30. The van der Waals surface area contributed by atoms with Crippen molar-refractivity contribution in [2.45, 2.75) is 48.1 Å². The number of carbonyl (C=O) groups excluding carboxylic acids is 2. The van der Waals surface area contributed by atoms with E-state index in [0.29, 0.717) is 12.0 Å². The molecule has 2 atom stereocenters. The highest BCUT2D eigenvalue weighted by atomic mass is 35.5. The molecule has 0 aromatic heterocycles. The Morgan fingerprint density at radius 1 is 1.22 bits per heavy atom. The monoisotopic (exact) mass is 441 g/mol. The van der Waals surface area contributed by atoms with Gasteiger partial charge < -0.3 is 10.1 Å². The first kappa shape index (κ1) is 23.7. The Morgan fingerprint density at radius 3 is 2.26 bits per heavy atom. The number of esters is 1. The summed E-state index contributed by atoms with van der Waals surface area (Å²) in [5.41, 5.74) is 0.330. The van der Waals surface area contributed by atoms with Gasteiger partial charge in [-0.1, -0.05) is 48.7 Å². The van der Waals surface area contributed by atoms with Gasteiger partial charge in [-0.15, -0.1) is 0 Å². The quantitative estimate of drug-likeness (QED) is 0.444. The first-order valence-corrected chi connectivity index (χ1v) is 11.0. The zero-order chi connectivity index (χ0) is 20.6. The summed E-state index contributed by atoms with van der Waals surface area (Å²) in [6.07, 6.45) is 1.39. The number of carbonyl (C=O) groups is 2. The molecule has 0 fully saturated rings. The van der Waals surface area contributed by atoms with Crippen molar-refractivity contribution in [1.82, 2.24) is 5.32 Å². The van der Waals surface area contributed by atoms with Gasteiger partial charge in [0.25, 0.3) is 5.91 Å². The van der Waals surface area contributed by atoms with Crippen LogP contribution in [0.25, 0.3) is 0 Å². The van der Waals surface area contributed by atoms with Crippen LogP contribution in [0.1, 0.15) is 37.9 Å². The molecule has 1 N–H and O–H groups in total. The van der Waals surface area contributed by atoms with Gasteiger partial charge in [-0.3, -0.25) is 9.59 Å². The number of nitrogens with one attached hydrogen (secondary N) is 1. The summed E-state index contributed by atoms with van der Waals surface area (Å²) in [5.74, 6) is -1.39. The zero-order valence-corrected chi connectivity index (χ0v) is 17.3. The van der Waals surface area contributed by atoms with Crippen LogP contribution in [0.15, 0.2) is 29.2 Å². The molecule has 152 valence electrons. The number of hydrogen-bond acceptors (Lipinski definition) is 5. The third-order valence-corrected chi connectivity index (χ3v) is 5.21. The van der Waals surface area contributed by atoms with E-state index < -0.39 is 45.4 Å². The first-order chi connectivity index (χ1) is 12.6. The van der Waals surface area contributed by atoms with Crippen molar-refractivity contribution in [2.75, 3.05) is 12.9 Å². The van der Waals surface area contributed by atoms with E-state index >= 15 is 0 Å². The lowest BCUT2D eigenvalue weighted by Crippen LogP contribution is -2.44. The predicted octanol–water partition coefficient (Wildman–Crippen LogP) is 3.12. The number of ether oxygens (including phenoxy) is 1. The summed E-state index contributed by atoms with van der Waals surface area (Å²) in [6, 6.07) is 4.22. The SMILES string of the molecule is CCCCC(=O)O[C@H](c1ccc(S(C)(=O)=O)cc1)[C@@H](CF)NC(=O)C(Cl)Cl. The molecule has 0 aliphatic rings. The van der Waals surface area contributed by atoms with Gasteiger partial charge in [-0.25, -0.2) is 12.8 Å². The van der Waals surface area contributed by atoms with Crippen LogP contribution in [-0.4, -0.2) is 44.1 Å². The van der Waals surface area contributed by atoms with Crippen molar-refractivity contribution in [2.24, 2.45) is 0 Å². The van der Waals surface area contributed by atoms with Crippen LogP contribution < -0.4 is 5.32 Å². The second kappa shape index (κ2) is 10.8. The number of halogens is 3. The molecule has 1 aromatic carbocycles. The van der Waals surface area contributed by atoms with Gasteiger partial charge in [-0.05, 0) is 24.1 Å². The summed E-state index contributed by atoms with van der Waals surface area (Å²) in [7, 11) is -3.42. The summed E-state index contributed by atoms with van der Waals surface area (Å²) in [6.45, 7) is 0.853. The number of alkyl halides is 3. The highest BCUT2D eigenvalue weighted by Gasteiger charge is 2.30. The number of hydrogen-bond donors (Lipinski definition) is 1. The molecular weight excluding hydrogens is 420 g/mol. The van der Waals surface area contributed by atoms with E-state index in [1.807, 2.05) is 6.92 Å². The first-order valence-electron chi connectivity index (χ1n) is 8.24. The third kappa shape index (κ3) is 7.63. The lowest BCUT2D eigenvalue weighted by atomic mass is 10.0. The number of amides is 1. The molecule has 6 nitrogen and oxygen atoms in total. The Balaban J connectivity index is 3.15. The molecule has 27 heavy (non-hydrogen) atoms. The standard InChI is InChI=1S/C17H22Cl2FNO5S/c1-3-4-5-14(22)26-15(13(10-20)21-17(23)16(18)19)11-6-8-12(9-7-11)27(2,24)25/h6-9,13,15-16H,3-5,10H2,1-2H3,(H,21,23)/t13-,15-/m1/s1. The van der Waals surface area contributed by atoms with Gasteiger partial charge in [0.05, 0.1) is 10.9 Å². The topological polar surface area (TPSA) is 89.5 Å². The summed E-state index contributed by atoms with van der Waals surface area (Å²) < 4.78 is 42.1. The molecular formula is C17H22Cl2FNO5S. The molecule has 0 aliphatic heterocycles. The maximum atomic E-state index is 13.6. The molecule has 0 spiro atoms. The van der Waals surface area contributed by atoms with E-state index in [1.165, 1.54) is 24.3 Å². The Hall–Kier alpha value is -1.38. The third-order valence-electron chi connectivity index (χ3n) is 3.69. The molecule has 1 aromatic rings. The van der Waals surface area contributed by atoms with Crippen molar-refractivity contribution in [1.29, 1.82) is 0 Å². The van der Waals surface area contributed by atoms with E-state index in [2.05, 4.69) is 5.32 Å². The minimum Gasteiger partial charge on any atom is -0.455 e. The molecule has 0 unspecified atom stereocenters. The summed E-state index contributed by atoms with van der Waals surface area (Å²) in [4.78, 5) is 22.4. The van der Waals surface area contributed by atoms with Crippen molar-refractivity contribution >= 4 is 44.9 Å². The highest BCUT2D eigenvalue weighted by molar-refractivity contribution is 7.90. The van der Waals surface area contributed by atoms with Crippen molar-refractivity contribution < 1.29 is 27.1 Å². The maximum absolute atomic E-state index is 13.6. The van der Waals surface area contributed by atoms with Crippen LogP contribution in [0, 0.1) is 0 Å². The molecule has 0 saturated heterocycles.